The van der Waals surface area contributed by atoms with Crippen LogP contribution in [0.2, 0.25) is 0 Å². The van der Waals surface area contributed by atoms with Gasteiger partial charge in [0.1, 0.15) is 5.57 Å². The van der Waals surface area contributed by atoms with Gasteiger partial charge in [-0.05, 0) is 35.0 Å². The highest BCUT2D eigenvalue weighted by molar-refractivity contribution is 7.80. The first kappa shape index (κ1) is 12.5. The number of hydrogen-bond acceptors (Lipinski definition) is 3. The summed E-state index contributed by atoms with van der Waals surface area (Å²) in [5.74, 6) is -0.957. The van der Waals surface area contributed by atoms with E-state index < -0.39 is 11.8 Å². The topological polar surface area (TPSA) is 58.2 Å². The molecule has 0 aromatic carbocycles. The van der Waals surface area contributed by atoms with Crippen molar-refractivity contribution in [3.8, 4) is 11.1 Å². The van der Waals surface area contributed by atoms with Gasteiger partial charge in [-0.15, -0.1) is 0 Å². The summed E-state index contributed by atoms with van der Waals surface area (Å²) in [6.45, 7) is 0. The van der Waals surface area contributed by atoms with E-state index in [2.05, 4.69) is 10.6 Å². The van der Waals surface area contributed by atoms with Gasteiger partial charge in [-0.25, -0.2) is 0 Å². The lowest BCUT2D eigenvalue weighted by Gasteiger charge is -2.16. The summed E-state index contributed by atoms with van der Waals surface area (Å²) in [5.41, 5.74) is 2.91. The molecule has 0 bridgehead atoms. The maximum Gasteiger partial charge on any atom is 0.263 e. The van der Waals surface area contributed by atoms with Gasteiger partial charge in [0, 0.05) is 0 Å². The highest BCUT2D eigenvalue weighted by atomic mass is 32.1. The maximum atomic E-state index is 11.8. The van der Waals surface area contributed by atoms with Gasteiger partial charge in [0.05, 0.1) is 0 Å². The largest absolute Gasteiger partial charge is 0.299 e. The zero-order valence-electron chi connectivity index (χ0n) is 10.3. The number of rotatable bonds is 1. The first-order valence-corrected chi connectivity index (χ1v) is 6.42. The Morgan fingerprint density at radius 1 is 0.900 bits per heavy atom. The Labute approximate surface area is 120 Å². The Kier molecular flexibility index (Phi) is 3.04. The van der Waals surface area contributed by atoms with Gasteiger partial charge in [0.15, 0.2) is 5.11 Å². The number of amides is 2. The smallest absolute Gasteiger partial charge is 0.263 e. The van der Waals surface area contributed by atoms with Crippen molar-refractivity contribution in [2.24, 2.45) is 0 Å². The number of fused-ring (bicyclic) bond motifs is 1. The molecule has 0 spiro atoms. The molecule has 2 aliphatic carbocycles. The van der Waals surface area contributed by atoms with Crippen molar-refractivity contribution >= 4 is 35.2 Å². The molecule has 0 saturated carbocycles. The molecular weight excluding hydrogens is 272 g/mol. The molecule has 5 heteroatoms. The summed E-state index contributed by atoms with van der Waals surface area (Å²) in [6.07, 6.45) is 1.58. The third-order valence-corrected chi connectivity index (χ3v) is 3.27. The van der Waals surface area contributed by atoms with E-state index in [0.717, 1.165) is 16.7 Å². The minimum absolute atomic E-state index is 0.0379. The van der Waals surface area contributed by atoms with Crippen LogP contribution in [0.3, 0.4) is 0 Å². The summed E-state index contributed by atoms with van der Waals surface area (Å²) >= 11 is 4.76. The van der Waals surface area contributed by atoms with Crippen LogP contribution in [0, 0.1) is 0 Å². The van der Waals surface area contributed by atoms with Crippen LogP contribution in [-0.4, -0.2) is 16.9 Å². The van der Waals surface area contributed by atoms with E-state index >= 15 is 0 Å². The molecule has 2 N–H and O–H groups in total. The van der Waals surface area contributed by atoms with E-state index in [0.29, 0.717) is 0 Å². The standard InChI is InChI=1S/C15H10N2O2S/c18-13-12(14(19)17-15(20)16-13)8-10-7-6-9-4-2-1-3-5-11(9)10/h1-8H,(H2,16,17,18,19,20). The summed E-state index contributed by atoms with van der Waals surface area (Å²) in [7, 11) is 0. The summed E-state index contributed by atoms with van der Waals surface area (Å²) in [5, 5.41) is 4.88. The molecule has 0 aromatic heterocycles. The van der Waals surface area contributed by atoms with E-state index in [1.807, 2.05) is 42.5 Å². The van der Waals surface area contributed by atoms with Crippen LogP contribution in [0.25, 0.3) is 17.2 Å². The highest BCUT2D eigenvalue weighted by Gasteiger charge is 2.26. The molecule has 1 heterocycles. The number of carbonyl (C=O) groups is 2. The molecule has 98 valence electrons. The summed E-state index contributed by atoms with van der Waals surface area (Å²) < 4.78 is 0. The molecule has 1 fully saturated rings. The van der Waals surface area contributed by atoms with Gasteiger partial charge >= 0.3 is 0 Å². The molecule has 3 aliphatic rings. The lowest BCUT2D eigenvalue weighted by molar-refractivity contribution is -0.123. The Bertz CT molecular complexity index is 714. The van der Waals surface area contributed by atoms with Crippen molar-refractivity contribution in [3.63, 3.8) is 0 Å². The van der Waals surface area contributed by atoms with Crippen LogP contribution in [0.15, 0.2) is 48.0 Å². The van der Waals surface area contributed by atoms with Crippen molar-refractivity contribution in [2.45, 2.75) is 0 Å². The fourth-order valence-electron chi connectivity index (χ4n) is 2.13. The zero-order valence-corrected chi connectivity index (χ0v) is 11.2. The van der Waals surface area contributed by atoms with Gasteiger partial charge in [-0.3, -0.25) is 20.2 Å². The van der Waals surface area contributed by atoms with E-state index in [-0.39, 0.29) is 10.7 Å². The molecule has 0 radical (unpaired) electrons. The van der Waals surface area contributed by atoms with Gasteiger partial charge in [0.25, 0.3) is 11.8 Å². The Hall–Kier alpha value is -2.53. The first-order valence-electron chi connectivity index (χ1n) is 6.01. The zero-order chi connectivity index (χ0) is 14.1. The Morgan fingerprint density at radius 2 is 1.60 bits per heavy atom. The lowest BCUT2D eigenvalue weighted by Crippen LogP contribution is -2.51. The average Bonchev–Trinajstić information content (AvgIpc) is 2.62. The second-order valence-electron chi connectivity index (χ2n) is 4.36. The van der Waals surface area contributed by atoms with Crippen molar-refractivity contribution in [2.75, 3.05) is 0 Å². The Balaban J connectivity index is 2.05. The molecule has 4 nitrogen and oxygen atoms in total. The van der Waals surface area contributed by atoms with Crippen LogP contribution >= 0.6 is 12.2 Å². The molecule has 0 atom stereocenters. The third kappa shape index (κ3) is 2.19. The number of nitrogens with one attached hydrogen (secondary N) is 2. The molecular formula is C15H10N2O2S. The SMILES string of the molecule is O=C1NC(=S)NC(=O)C1=Cc1ccc2cccccc1-2. The van der Waals surface area contributed by atoms with Gasteiger partial charge in [-0.2, -0.15) is 0 Å². The fourth-order valence-corrected chi connectivity index (χ4v) is 2.31. The minimum atomic E-state index is -0.478. The van der Waals surface area contributed by atoms with Crippen LogP contribution in [0.5, 0.6) is 0 Å². The molecule has 3 rings (SSSR count). The number of thiocarbonyl (C=S) groups is 1. The molecule has 2 amide bonds. The molecule has 0 unspecified atom stereocenters. The van der Waals surface area contributed by atoms with E-state index in [4.69, 9.17) is 12.2 Å². The predicted octanol–water partition coefficient (Wildman–Crippen LogP) is 1.71. The average molecular weight is 282 g/mol. The second-order valence-corrected chi connectivity index (χ2v) is 4.77. The molecule has 1 aliphatic heterocycles. The van der Waals surface area contributed by atoms with E-state index in [1.54, 1.807) is 6.08 Å². The Morgan fingerprint density at radius 3 is 2.35 bits per heavy atom. The van der Waals surface area contributed by atoms with Crippen molar-refractivity contribution in [1.29, 1.82) is 0 Å². The van der Waals surface area contributed by atoms with Crippen LogP contribution in [0.1, 0.15) is 5.56 Å². The predicted molar refractivity (Wildman–Crippen MR) is 79.9 cm³/mol. The van der Waals surface area contributed by atoms with Gasteiger partial charge in [-0.1, -0.05) is 42.5 Å². The quantitative estimate of drug-likeness (QED) is 0.475. The van der Waals surface area contributed by atoms with Crippen molar-refractivity contribution in [1.82, 2.24) is 10.6 Å². The monoisotopic (exact) mass is 282 g/mol. The third-order valence-electron chi connectivity index (χ3n) is 3.07. The first-order chi connectivity index (χ1) is 9.65. The lowest BCUT2D eigenvalue weighted by atomic mass is 10.1. The van der Waals surface area contributed by atoms with Crippen LogP contribution < -0.4 is 10.6 Å². The molecule has 20 heavy (non-hydrogen) atoms. The fraction of sp³-hybridized carbons (Fsp3) is 0. The number of carbonyl (C=O) groups excluding carboxylic acids is 2. The van der Waals surface area contributed by atoms with Crippen molar-refractivity contribution in [3.05, 3.63) is 53.6 Å². The minimum Gasteiger partial charge on any atom is -0.299 e. The van der Waals surface area contributed by atoms with Gasteiger partial charge in [0.2, 0.25) is 0 Å². The van der Waals surface area contributed by atoms with Crippen molar-refractivity contribution < 1.29 is 9.59 Å². The second kappa shape index (κ2) is 4.86. The normalized spacial score (nSPS) is 15.0. The molecule has 0 aromatic rings. The molecule has 1 saturated heterocycles. The maximum absolute atomic E-state index is 11.8. The van der Waals surface area contributed by atoms with E-state index in [1.165, 1.54) is 0 Å². The summed E-state index contributed by atoms with van der Waals surface area (Å²) in [4.78, 5) is 23.6. The highest BCUT2D eigenvalue weighted by Crippen LogP contribution is 2.28. The van der Waals surface area contributed by atoms with Crippen LogP contribution in [-0.2, 0) is 9.59 Å². The number of hydrogen-bond donors (Lipinski definition) is 2. The van der Waals surface area contributed by atoms with Gasteiger partial charge < -0.3 is 0 Å². The van der Waals surface area contributed by atoms with E-state index in [9.17, 15) is 9.59 Å². The summed E-state index contributed by atoms with van der Waals surface area (Å²) in [6, 6.07) is 13.5. The van der Waals surface area contributed by atoms with Crippen LogP contribution in [0.4, 0.5) is 0 Å².